The van der Waals surface area contributed by atoms with Crippen LogP contribution in [0.15, 0.2) is 18.2 Å². The highest BCUT2D eigenvalue weighted by Gasteiger charge is 2.22. The fraction of sp³-hybridized carbons (Fsp3) is 0.500. The maximum absolute atomic E-state index is 11.8. The molecule has 1 amide bonds. The molecule has 6 heteroatoms. The molecule has 1 aromatic rings. The number of halogens is 2. The smallest absolute Gasteiger partial charge is 0.410 e. The van der Waals surface area contributed by atoms with Crippen molar-refractivity contribution in [2.75, 3.05) is 13.6 Å². The van der Waals surface area contributed by atoms with Gasteiger partial charge in [-0.1, -0.05) is 29.3 Å². The molecule has 0 aliphatic rings. The van der Waals surface area contributed by atoms with Crippen LogP contribution in [0, 0.1) is 0 Å². The molecule has 112 valence electrons. The summed E-state index contributed by atoms with van der Waals surface area (Å²) in [5.74, 6) is 0. The van der Waals surface area contributed by atoms with Gasteiger partial charge in [0, 0.05) is 7.05 Å². The van der Waals surface area contributed by atoms with Crippen molar-refractivity contribution in [1.82, 2.24) is 4.90 Å². The van der Waals surface area contributed by atoms with Crippen molar-refractivity contribution in [2.45, 2.75) is 32.5 Å². The summed E-state index contributed by atoms with van der Waals surface area (Å²) in [5, 5.41) is 10.9. The Hall–Kier alpha value is -0.970. The molecule has 0 radical (unpaired) electrons. The molecule has 20 heavy (non-hydrogen) atoms. The van der Waals surface area contributed by atoms with Crippen molar-refractivity contribution in [1.29, 1.82) is 0 Å². The maximum atomic E-state index is 11.8. The molecule has 1 rings (SSSR count). The number of benzene rings is 1. The molecular weight excluding hydrogens is 301 g/mol. The zero-order valence-electron chi connectivity index (χ0n) is 12.0. The number of aliphatic hydroxyl groups excluding tert-OH is 1. The molecule has 1 unspecified atom stereocenters. The van der Waals surface area contributed by atoms with Gasteiger partial charge >= 0.3 is 6.09 Å². The second kappa shape index (κ2) is 6.66. The molecule has 0 heterocycles. The Morgan fingerprint density at radius 1 is 1.35 bits per heavy atom. The number of ether oxygens (including phenoxy) is 1. The Kier molecular flexibility index (Phi) is 5.68. The van der Waals surface area contributed by atoms with Crippen molar-refractivity contribution in [3.8, 4) is 0 Å². The predicted molar refractivity (Wildman–Crippen MR) is 80.3 cm³/mol. The minimum absolute atomic E-state index is 0.104. The lowest BCUT2D eigenvalue weighted by atomic mass is 10.1. The molecule has 0 aliphatic carbocycles. The van der Waals surface area contributed by atoms with E-state index in [1.165, 1.54) is 4.90 Å². The molecule has 0 aromatic heterocycles. The molecule has 1 atom stereocenters. The number of rotatable bonds is 3. The summed E-state index contributed by atoms with van der Waals surface area (Å²) in [6.07, 6.45) is -1.35. The van der Waals surface area contributed by atoms with Gasteiger partial charge < -0.3 is 14.7 Å². The third kappa shape index (κ3) is 5.19. The van der Waals surface area contributed by atoms with Gasteiger partial charge in [0.1, 0.15) is 5.60 Å². The number of likely N-dealkylation sites (N-methyl/N-ethyl adjacent to an activating group) is 1. The monoisotopic (exact) mass is 319 g/mol. The van der Waals surface area contributed by atoms with Crippen molar-refractivity contribution in [2.24, 2.45) is 0 Å². The van der Waals surface area contributed by atoms with Gasteiger partial charge in [-0.2, -0.15) is 0 Å². The van der Waals surface area contributed by atoms with Gasteiger partial charge in [-0.3, -0.25) is 0 Å². The first-order valence-corrected chi connectivity index (χ1v) is 6.93. The molecule has 0 saturated carbocycles. The lowest BCUT2D eigenvalue weighted by Crippen LogP contribution is -2.36. The summed E-state index contributed by atoms with van der Waals surface area (Å²) < 4.78 is 5.21. The molecule has 4 nitrogen and oxygen atoms in total. The minimum Gasteiger partial charge on any atom is -0.444 e. The van der Waals surface area contributed by atoms with Crippen LogP contribution in [0.25, 0.3) is 0 Å². The van der Waals surface area contributed by atoms with Gasteiger partial charge in [-0.25, -0.2) is 4.79 Å². The molecular formula is C14H19Cl2NO3. The first-order chi connectivity index (χ1) is 9.10. The Morgan fingerprint density at radius 3 is 2.45 bits per heavy atom. The van der Waals surface area contributed by atoms with Crippen LogP contribution < -0.4 is 0 Å². The van der Waals surface area contributed by atoms with Crippen LogP contribution in [0.1, 0.15) is 32.4 Å². The predicted octanol–water partition coefficient (Wildman–Crippen LogP) is 3.89. The Labute approximate surface area is 129 Å². The summed E-state index contributed by atoms with van der Waals surface area (Å²) in [6.45, 7) is 5.46. The number of amides is 1. The van der Waals surface area contributed by atoms with Crippen LogP contribution in [0.4, 0.5) is 4.79 Å². The maximum Gasteiger partial charge on any atom is 0.410 e. The molecule has 0 fully saturated rings. The average molecular weight is 320 g/mol. The van der Waals surface area contributed by atoms with E-state index in [9.17, 15) is 9.90 Å². The third-order valence-corrected chi connectivity index (χ3v) is 3.22. The Bertz CT molecular complexity index is 486. The first kappa shape index (κ1) is 17.1. The van der Waals surface area contributed by atoms with Gasteiger partial charge in [-0.15, -0.1) is 0 Å². The van der Waals surface area contributed by atoms with Crippen LogP contribution in [-0.2, 0) is 4.74 Å². The van der Waals surface area contributed by atoms with E-state index in [2.05, 4.69) is 0 Å². The number of carbonyl (C=O) groups excluding carboxylic acids is 1. The zero-order chi connectivity index (χ0) is 15.5. The van der Waals surface area contributed by atoms with Crippen LogP contribution in [0.5, 0.6) is 0 Å². The van der Waals surface area contributed by atoms with Crippen LogP contribution in [0.2, 0.25) is 10.0 Å². The lowest BCUT2D eigenvalue weighted by molar-refractivity contribution is 0.0205. The van der Waals surface area contributed by atoms with E-state index >= 15 is 0 Å². The largest absolute Gasteiger partial charge is 0.444 e. The van der Waals surface area contributed by atoms with Crippen molar-refractivity contribution < 1.29 is 14.6 Å². The first-order valence-electron chi connectivity index (χ1n) is 6.17. The standard InChI is InChI=1S/C14H19Cl2NO3/c1-14(2,3)20-13(19)17(4)8-12(18)9-5-6-10(15)11(16)7-9/h5-7,12,18H,8H2,1-4H3. The molecule has 0 bridgehead atoms. The quantitative estimate of drug-likeness (QED) is 0.919. The fourth-order valence-corrected chi connectivity index (χ4v) is 1.81. The summed E-state index contributed by atoms with van der Waals surface area (Å²) in [7, 11) is 1.56. The number of hydrogen-bond acceptors (Lipinski definition) is 3. The highest BCUT2D eigenvalue weighted by molar-refractivity contribution is 6.42. The van der Waals surface area contributed by atoms with E-state index in [-0.39, 0.29) is 6.54 Å². The normalized spacial score (nSPS) is 12.9. The van der Waals surface area contributed by atoms with Crippen LogP contribution >= 0.6 is 23.2 Å². The summed E-state index contributed by atoms with van der Waals surface area (Å²) in [6, 6.07) is 4.86. The van der Waals surface area contributed by atoms with Crippen molar-refractivity contribution in [3.05, 3.63) is 33.8 Å². The van der Waals surface area contributed by atoms with Gasteiger partial charge in [0.25, 0.3) is 0 Å². The number of nitrogens with zero attached hydrogens (tertiary/aromatic N) is 1. The lowest BCUT2D eigenvalue weighted by Gasteiger charge is -2.26. The molecule has 1 aromatic carbocycles. The Balaban J connectivity index is 2.67. The van der Waals surface area contributed by atoms with Crippen LogP contribution in [-0.4, -0.2) is 35.3 Å². The van der Waals surface area contributed by atoms with E-state index < -0.39 is 17.8 Å². The highest BCUT2D eigenvalue weighted by atomic mass is 35.5. The van der Waals surface area contributed by atoms with E-state index in [0.29, 0.717) is 15.6 Å². The van der Waals surface area contributed by atoms with E-state index in [4.69, 9.17) is 27.9 Å². The molecule has 0 spiro atoms. The van der Waals surface area contributed by atoms with Gasteiger partial charge in [0.2, 0.25) is 0 Å². The Morgan fingerprint density at radius 2 is 1.95 bits per heavy atom. The van der Waals surface area contributed by atoms with Crippen molar-refractivity contribution in [3.63, 3.8) is 0 Å². The number of aliphatic hydroxyl groups is 1. The second-order valence-electron chi connectivity index (χ2n) is 5.55. The average Bonchev–Trinajstić information content (AvgIpc) is 2.30. The van der Waals surface area contributed by atoms with Gasteiger partial charge in [0.05, 0.1) is 22.7 Å². The van der Waals surface area contributed by atoms with Gasteiger partial charge in [-0.05, 0) is 38.5 Å². The number of hydrogen-bond donors (Lipinski definition) is 1. The second-order valence-corrected chi connectivity index (χ2v) is 6.36. The zero-order valence-corrected chi connectivity index (χ0v) is 13.5. The fourth-order valence-electron chi connectivity index (χ4n) is 1.50. The SMILES string of the molecule is CN(CC(O)c1ccc(Cl)c(Cl)c1)C(=O)OC(C)(C)C. The topological polar surface area (TPSA) is 49.8 Å². The third-order valence-electron chi connectivity index (χ3n) is 2.48. The van der Waals surface area contributed by atoms with E-state index in [0.717, 1.165) is 0 Å². The van der Waals surface area contributed by atoms with Crippen molar-refractivity contribution >= 4 is 29.3 Å². The summed E-state index contributed by atoms with van der Waals surface area (Å²) in [4.78, 5) is 13.1. The molecule has 0 aliphatic heterocycles. The minimum atomic E-state index is -0.859. The van der Waals surface area contributed by atoms with E-state index in [1.807, 2.05) is 0 Å². The summed E-state index contributed by atoms with van der Waals surface area (Å²) in [5.41, 5.74) is 0.0228. The van der Waals surface area contributed by atoms with Gasteiger partial charge in [0.15, 0.2) is 0 Å². The molecule has 1 N–H and O–H groups in total. The number of carbonyl (C=O) groups is 1. The van der Waals surface area contributed by atoms with E-state index in [1.54, 1.807) is 46.0 Å². The molecule has 0 saturated heterocycles. The highest BCUT2D eigenvalue weighted by Crippen LogP contribution is 2.26. The summed E-state index contributed by atoms with van der Waals surface area (Å²) >= 11 is 11.7. The van der Waals surface area contributed by atoms with Crippen LogP contribution in [0.3, 0.4) is 0 Å².